The summed E-state index contributed by atoms with van der Waals surface area (Å²) < 4.78 is 0. The molecule has 16 heavy (non-hydrogen) atoms. The molecule has 0 rings (SSSR count). The summed E-state index contributed by atoms with van der Waals surface area (Å²) in [6, 6.07) is 0. The first-order valence-corrected chi connectivity index (χ1v) is 6.93. The number of unbranched alkanes of at least 4 members (excludes halogenated alkanes) is 8. The summed E-state index contributed by atoms with van der Waals surface area (Å²) in [6.45, 7) is 2.28. The summed E-state index contributed by atoms with van der Waals surface area (Å²) in [7, 11) is 0. The third-order valence-electron chi connectivity index (χ3n) is 3.01. The second-order valence-electron chi connectivity index (χ2n) is 4.55. The van der Waals surface area contributed by atoms with Gasteiger partial charge in [-0.1, -0.05) is 51.9 Å². The molecular weight excluding hydrogens is 200 g/mol. The maximum atomic E-state index is 11.0. The van der Waals surface area contributed by atoms with Crippen molar-refractivity contribution in [1.82, 2.24) is 0 Å². The minimum atomic E-state index is 0.339. The van der Waals surface area contributed by atoms with Crippen molar-refractivity contribution >= 4 is 5.78 Å². The molecule has 0 saturated carbocycles. The fraction of sp³-hybridized carbons (Fsp3) is 0.929. The second-order valence-corrected chi connectivity index (χ2v) is 4.55. The van der Waals surface area contributed by atoms with Crippen molar-refractivity contribution in [2.75, 3.05) is 6.61 Å². The van der Waals surface area contributed by atoms with Crippen molar-refractivity contribution in [3.05, 3.63) is 0 Å². The lowest BCUT2D eigenvalue weighted by Crippen LogP contribution is -1.94. The molecule has 0 bridgehead atoms. The number of carbonyl (C=O) groups is 1. The topological polar surface area (TPSA) is 37.3 Å². The van der Waals surface area contributed by atoms with Crippen LogP contribution < -0.4 is 0 Å². The first kappa shape index (κ1) is 15.6. The van der Waals surface area contributed by atoms with Crippen LogP contribution in [0.25, 0.3) is 0 Å². The van der Waals surface area contributed by atoms with Crippen molar-refractivity contribution in [2.24, 2.45) is 0 Å². The molecule has 0 aromatic rings. The van der Waals surface area contributed by atoms with Crippen LogP contribution in [-0.2, 0) is 4.79 Å². The number of aliphatic hydroxyl groups excluding tert-OH is 1. The normalized spacial score (nSPS) is 10.6. The van der Waals surface area contributed by atoms with Gasteiger partial charge < -0.3 is 5.11 Å². The summed E-state index contributed by atoms with van der Waals surface area (Å²) in [5.74, 6) is 0.406. The Morgan fingerprint density at radius 1 is 0.812 bits per heavy atom. The van der Waals surface area contributed by atoms with E-state index in [2.05, 4.69) is 0 Å². The van der Waals surface area contributed by atoms with Gasteiger partial charge in [0, 0.05) is 19.4 Å². The predicted octanol–water partition coefficient (Wildman–Crippen LogP) is 3.86. The average molecular weight is 228 g/mol. The van der Waals surface area contributed by atoms with E-state index >= 15 is 0 Å². The van der Waals surface area contributed by atoms with E-state index in [1.807, 2.05) is 6.92 Å². The van der Waals surface area contributed by atoms with E-state index < -0.39 is 0 Å². The molecule has 1 N–H and O–H groups in total. The van der Waals surface area contributed by atoms with Crippen LogP contribution in [-0.4, -0.2) is 17.5 Å². The zero-order valence-electron chi connectivity index (χ0n) is 10.8. The maximum absolute atomic E-state index is 11.0. The van der Waals surface area contributed by atoms with Gasteiger partial charge in [-0.05, 0) is 12.8 Å². The third kappa shape index (κ3) is 11.7. The molecule has 0 heterocycles. The molecule has 0 aromatic carbocycles. The molecule has 0 aliphatic rings. The van der Waals surface area contributed by atoms with Crippen LogP contribution >= 0.6 is 0 Å². The standard InChI is InChI=1S/C14H28O2/c1-2-14(16)12-10-8-6-4-3-5-7-9-11-13-15/h15H,2-13H2,1H3. The van der Waals surface area contributed by atoms with Gasteiger partial charge in [-0.2, -0.15) is 0 Å². The van der Waals surface area contributed by atoms with Crippen molar-refractivity contribution < 1.29 is 9.90 Å². The van der Waals surface area contributed by atoms with Gasteiger partial charge in [0.15, 0.2) is 0 Å². The Balaban J connectivity index is 2.96. The minimum Gasteiger partial charge on any atom is -0.396 e. The highest BCUT2D eigenvalue weighted by Crippen LogP contribution is 2.10. The molecule has 0 amide bonds. The molecular formula is C14H28O2. The van der Waals surface area contributed by atoms with Gasteiger partial charge in [0.25, 0.3) is 0 Å². The van der Waals surface area contributed by atoms with Gasteiger partial charge in [0.1, 0.15) is 5.78 Å². The molecule has 0 atom stereocenters. The molecule has 0 radical (unpaired) electrons. The summed E-state index contributed by atoms with van der Waals surface area (Å²) in [5.41, 5.74) is 0. The van der Waals surface area contributed by atoms with Gasteiger partial charge in [-0.3, -0.25) is 4.79 Å². The predicted molar refractivity (Wildman–Crippen MR) is 68.6 cm³/mol. The molecule has 0 aromatic heterocycles. The smallest absolute Gasteiger partial charge is 0.132 e. The molecule has 0 saturated heterocycles. The van der Waals surface area contributed by atoms with E-state index in [9.17, 15) is 4.79 Å². The van der Waals surface area contributed by atoms with Gasteiger partial charge in [-0.25, -0.2) is 0 Å². The van der Waals surface area contributed by atoms with E-state index in [0.29, 0.717) is 18.8 Å². The Kier molecular flexibility index (Phi) is 12.4. The number of ketones is 1. The number of carbonyl (C=O) groups excluding carboxylic acids is 1. The summed E-state index contributed by atoms with van der Waals surface area (Å²) in [5, 5.41) is 8.60. The lowest BCUT2D eigenvalue weighted by molar-refractivity contribution is -0.118. The molecule has 0 spiro atoms. The number of aliphatic hydroxyl groups is 1. The molecule has 96 valence electrons. The fourth-order valence-corrected chi connectivity index (χ4v) is 1.85. The Morgan fingerprint density at radius 2 is 1.25 bits per heavy atom. The lowest BCUT2D eigenvalue weighted by atomic mass is 10.1. The summed E-state index contributed by atoms with van der Waals surface area (Å²) in [6.07, 6.45) is 12.4. The van der Waals surface area contributed by atoms with Gasteiger partial charge in [0.05, 0.1) is 0 Å². The Bertz CT molecular complexity index is 155. The lowest BCUT2D eigenvalue weighted by Gasteiger charge is -2.01. The van der Waals surface area contributed by atoms with Gasteiger partial charge >= 0.3 is 0 Å². The molecule has 2 nitrogen and oxygen atoms in total. The second kappa shape index (κ2) is 12.7. The SMILES string of the molecule is CCC(=O)CCCCCCCCCCCO. The number of Topliss-reactive ketones (excluding diaryl/α,β-unsaturated/α-hetero) is 1. The molecule has 0 unspecified atom stereocenters. The van der Waals surface area contributed by atoms with Crippen molar-refractivity contribution in [3.8, 4) is 0 Å². The van der Waals surface area contributed by atoms with E-state index in [1.54, 1.807) is 0 Å². The van der Waals surface area contributed by atoms with Crippen molar-refractivity contribution in [1.29, 1.82) is 0 Å². The van der Waals surface area contributed by atoms with E-state index in [4.69, 9.17) is 5.11 Å². The maximum Gasteiger partial charge on any atom is 0.132 e. The van der Waals surface area contributed by atoms with Crippen LogP contribution in [0.4, 0.5) is 0 Å². The van der Waals surface area contributed by atoms with Crippen LogP contribution in [0, 0.1) is 0 Å². The Morgan fingerprint density at radius 3 is 1.69 bits per heavy atom. The fourth-order valence-electron chi connectivity index (χ4n) is 1.85. The summed E-state index contributed by atoms with van der Waals surface area (Å²) >= 11 is 0. The quantitative estimate of drug-likeness (QED) is 0.515. The van der Waals surface area contributed by atoms with E-state index in [0.717, 1.165) is 19.3 Å². The van der Waals surface area contributed by atoms with Crippen LogP contribution in [0.2, 0.25) is 0 Å². The molecule has 0 fully saturated rings. The molecule has 0 aliphatic carbocycles. The minimum absolute atomic E-state index is 0.339. The number of rotatable bonds is 12. The molecule has 2 heteroatoms. The van der Waals surface area contributed by atoms with Crippen LogP contribution in [0.1, 0.15) is 77.6 Å². The van der Waals surface area contributed by atoms with Crippen LogP contribution in [0.15, 0.2) is 0 Å². The average Bonchev–Trinajstić information content (AvgIpc) is 2.31. The number of hydrogen-bond donors (Lipinski definition) is 1. The van der Waals surface area contributed by atoms with Crippen molar-refractivity contribution in [2.45, 2.75) is 77.6 Å². The van der Waals surface area contributed by atoms with Gasteiger partial charge in [-0.15, -0.1) is 0 Å². The summed E-state index contributed by atoms with van der Waals surface area (Å²) in [4.78, 5) is 11.0. The van der Waals surface area contributed by atoms with Crippen LogP contribution in [0.3, 0.4) is 0 Å². The highest BCUT2D eigenvalue weighted by Gasteiger charge is 1.97. The van der Waals surface area contributed by atoms with E-state index in [-0.39, 0.29) is 0 Å². The molecule has 0 aliphatic heterocycles. The van der Waals surface area contributed by atoms with E-state index in [1.165, 1.54) is 44.9 Å². The highest BCUT2D eigenvalue weighted by atomic mass is 16.2. The Labute approximate surface area is 100 Å². The van der Waals surface area contributed by atoms with Crippen molar-refractivity contribution in [3.63, 3.8) is 0 Å². The van der Waals surface area contributed by atoms with Gasteiger partial charge in [0.2, 0.25) is 0 Å². The largest absolute Gasteiger partial charge is 0.396 e. The monoisotopic (exact) mass is 228 g/mol. The number of hydrogen-bond acceptors (Lipinski definition) is 2. The zero-order chi connectivity index (χ0) is 12.1. The van der Waals surface area contributed by atoms with Crippen LogP contribution in [0.5, 0.6) is 0 Å². The first-order chi connectivity index (χ1) is 7.81. The highest BCUT2D eigenvalue weighted by molar-refractivity contribution is 5.77. The zero-order valence-corrected chi connectivity index (χ0v) is 10.8. The first-order valence-electron chi connectivity index (χ1n) is 6.93. The third-order valence-corrected chi connectivity index (χ3v) is 3.01. The Hall–Kier alpha value is -0.370.